The largest absolute Gasteiger partial charge is 0.493 e. The van der Waals surface area contributed by atoms with Gasteiger partial charge in [0.25, 0.3) is 0 Å². The predicted octanol–water partition coefficient (Wildman–Crippen LogP) is -0.944. The van der Waals surface area contributed by atoms with Crippen molar-refractivity contribution in [1.82, 2.24) is 0 Å². The summed E-state index contributed by atoms with van der Waals surface area (Å²) >= 11 is 0. The van der Waals surface area contributed by atoms with Crippen LogP contribution in [-0.2, 0) is 6.54 Å². The monoisotopic (exact) mass is 252 g/mol. The summed E-state index contributed by atoms with van der Waals surface area (Å²) in [5.41, 5.74) is 1.33. The Balaban J connectivity index is 2.05. The van der Waals surface area contributed by atoms with Crippen molar-refractivity contribution in [3.63, 3.8) is 0 Å². The summed E-state index contributed by atoms with van der Waals surface area (Å²) in [7, 11) is 1.68. The number of benzene rings is 1. The summed E-state index contributed by atoms with van der Waals surface area (Å²) < 4.78 is 10.9. The SMILES string of the molecule is CCOc1cc(C[NH+]2CC[NH2+]CC2)ccc1OC. The van der Waals surface area contributed by atoms with E-state index in [2.05, 4.69) is 17.4 Å². The third kappa shape index (κ3) is 3.37. The normalized spacial score (nSPS) is 16.6. The molecule has 0 aromatic heterocycles. The van der Waals surface area contributed by atoms with Crippen molar-refractivity contribution < 1.29 is 19.7 Å². The van der Waals surface area contributed by atoms with Gasteiger partial charge in [-0.3, -0.25) is 0 Å². The minimum absolute atomic E-state index is 0.672. The Hall–Kier alpha value is -1.26. The molecule has 4 heteroatoms. The van der Waals surface area contributed by atoms with Crippen LogP contribution in [-0.4, -0.2) is 39.9 Å². The molecule has 0 amide bonds. The predicted molar refractivity (Wildman–Crippen MR) is 70.2 cm³/mol. The highest BCUT2D eigenvalue weighted by atomic mass is 16.5. The van der Waals surface area contributed by atoms with Gasteiger partial charge < -0.3 is 19.7 Å². The van der Waals surface area contributed by atoms with Gasteiger partial charge >= 0.3 is 0 Å². The molecule has 2 rings (SSSR count). The van der Waals surface area contributed by atoms with Crippen LogP contribution in [0.1, 0.15) is 12.5 Å². The second-order valence-corrected chi connectivity index (χ2v) is 4.71. The number of quaternary nitrogens is 2. The molecule has 0 saturated carbocycles. The molecule has 0 bridgehead atoms. The highest BCUT2D eigenvalue weighted by molar-refractivity contribution is 5.42. The van der Waals surface area contributed by atoms with Crippen LogP contribution in [0.3, 0.4) is 0 Å². The van der Waals surface area contributed by atoms with Gasteiger partial charge in [-0.05, 0) is 25.1 Å². The topological polar surface area (TPSA) is 39.5 Å². The number of hydrogen-bond donors (Lipinski definition) is 2. The lowest BCUT2D eigenvalue weighted by atomic mass is 10.1. The van der Waals surface area contributed by atoms with Crippen LogP contribution in [0.4, 0.5) is 0 Å². The third-order valence-electron chi connectivity index (χ3n) is 3.39. The van der Waals surface area contributed by atoms with Crippen molar-refractivity contribution in [2.45, 2.75) is 13.5 Å². The maximum absolute atomic E-state index is 5.62. The van der Waals surface area contributed by atoms with E-state index in [1.807, 2.05) is 13.0 Å². The van der Waals surface area contributed by atoms with Crippen molar-refractivity contribution >= 4 is 0 Å². The fourth-order valence-corrected chi connectivity index (χ4v) is 2.45. The lowest BCUT2D eigenvalue weighted by molar-refractivity contribution is -0.958. The van der Waals surface area contributed by atoms with Crippen molar-refractivity contribution in [1.29, 1.82) is 0 Å². The molecule has 0 radical (unpaired) electrons. The molecule has 0 spiro atoms. The maximum atomic E-state index is 5.62. The van der Waals surface area contributed by atoms with Crippen molar-refractivity contribution in [3.05, 3.63) is 23.8 Å². The van der Waals surface area contributed by atoms with Crippen molar-refractivity contribution in [3.8, 4) is 11.5 Å². The molecule has 100 valence electrons. The second-order valence-electron chi connectivity index (χ2n) is 4.71. The van der Waals surface area contributed by atoms with Crippen LogP contribution in [0.2, 0.25) is 0 Å². The average molecular weight is 252 g/mol. The zero-order valence-corrected chi connectivity index (χ0v) is 11.4. The van der Waals surface area contributed by atoms with Crippen LogP contribution in [0.25, 0.3) is 0 Å². The molecule has 1 aromatic carbocycles. The van der Waals surface area contributed by atoms with Crippen LogP contribution in [0, 0.1) is 0 Å². The summed E-state index contributed by atoms with van der Waals surface area (Å²) in [5.74, 6) is 1.68. The van der Waals surface area contributed by atoms with E-state index in [1.165, 1.54) is 31.7 Å². The first-order valence-corrected chi connectivity index (χ1v) is 6.78. The molecule has 0 atom stereocenters. The summed E-state index contributed by atoms with van der Waals surface area (Å²) in [4.78, 5) is 1.66. The lowest BCUT2D eigenvalue weighted by Gasteiger charge is -2.22. The van der Waals surface area contributed by atoms with E-state index in [9.17, 15) is 0 Å². The molecule has 1 saturated heterocycles. The van der Waals surface area contributed by atoms with E-state index < -0.39 is 0 Å². The summed E-state index contributed by atoms with van der Waals surface area (Å²) in [6.45, 7) is 8.72. The molecule has 1 aromatic rings. The van der Waals surface area contributed by atoms with Gasteiger partial charge in [0.1, 0.15) is 32.7 Å². The lowest BCUT2D eigenvalue weighted by Crippen LogP contribution is -3.19. The van der Waals surface area contributed by atoms with Crippen molar-refractivity contribution in [2.75, 3.05) is 39.9 Å². The summed E-state index contributed by atoms with van der Waals surface area (Å²) in [5, 5.41) is 2.39. The van der Waals surface area contributed by atoms with Crippen molar-refractivity contribution in [2.24, 2.45) is 0 Å². The fourth-order valence-electron chi connectivity index (χ4n) is 2.45. The Kier molecular flexibility index (Phi) is 4.84. The molecule has 1 heterocycles. The van der Waals surface area contributed by atoms with E-state index in [0.29, 0.717) is 6.61 Å². The Morgan fingerprint density at radius 1 is 1.22 bits per heavy atom. The van der Waals surface area contributed by atoms with E-state index in [-0.39, 0.29) is 0 Å². The first-order valence-electron chi connectivity index (χ1n) is 6.78. The first kappa shape index (κ1) is 13.2. The number of piperazine rings is 1. The maximum Gasteiger partial charge on any atom is 0.161 e. The quantitative estimate of drug-likeness (QED) is 0.710. The smallest absolute Gasteiger partial charge is 0.161 e. The Bertz CT molecular complexity index is 376. The van der Waals surface area contributed by atoms with Gasteiger partial charge in [0.15, 0.2) is 11.5 Å². The first-order chi connectivity index (χ1) is 8.83. The zero-order valence-electron chi connectivity index (χ0n) is 11.4. The third-order valence-corrected chi connectivity index (χ3v) is 3.39. The van der Waals surface area contributed by atoms with Gasteiger partial charge in [-0.25, -0.2) is 0 Å². The van der Waals surface area contributed by atoms with Gasteiger partial charge in [0, 0.05) is 5.56 Å². The van der Waals surface area contributed by atoms with E-state index in [1.54, 1.807) is 12.0 Å². The van der Waals surface area contributed by atoms with Gasteiger partial charge in [-0.15, -0.1) is 0 Å². The number of nitrogens with two attached hydrogens (primary N) is 1. The van der Waals surface area contributed by atoms with Crippen LogP contribution < -0.4 is 19.7 Å². The second kappa shape index (κ2) is 6.61. The molecule has 3 N–H and O–H groups in total. The standard InChI is InChI=1S/C14H22N2O2/c1-3-18-14-10-12(4-5-13(14)17-2)11-16-8-6-15-7-9-16/h4-5,10,15H,3,6-9,11H2,1-2H3/p+2. The Labute approximate surface area is 109 Å². The molecule has 4 nitrogen and oxygen atoms in total. The number of hydrogen-bond acceptors (Lipinski definition) is 2. The molecule has 0 aliphatic carbocycles. The Morgan fingerprint density at radius 2 is 2.00 bits per heavy atom. The number of nitrogens with one attached hydrogen (secondary N) is 1. The number of rotatable bonds is 5. The highest BCUT2D eigenvalue weighted by Gasteiger charge is 2.16. The van der Waals surface area contributed by atoms with Crippen LogP contribution in [0.5, 0.6) is 11.5 Å². The minimum Gasteiger partial charge on any atom is -0.493 e. The fraction of sp³-hybridized carbons (Fsp3) is 0.571. The van der Waals surface area contributed by atoms with E-state index in [4.69, 9.17) is 9.47 Å². The number of ether oxygens (including phenoxy) is 2. The number of methoxy groups -OCH3 is 1. The van der Waals surface area contributed by atoms with Gasteiger partial charge in [-0.2, -0.15) is 0 Å². The average Bonchev–Trinajstić information content (AvgIpc) is 2.41. The molecule has 0 unspecified atom stereocenters. The minimum atomic E-state index is 0.672. The van der Waals surface area contributed by atoms with E-state index >= 15 is 0 Å². The van der Waals surface area contributed by atoms with Crippen LogP contribution >= 0.6 is 0 Å². The molecule has 18 heavy (non-hydrogen) atoms. The highest BCUT2D eigenvalue weighted by Crippen LogP contribution is 2.27. The summed E-state index contributed by atoms with van der Waals surface area (Å²) in [6, 6.07) is 6.27. The molecule has 1 fully saturated rings. The summed E-state index contributed by atoms with van der Waals surface area (Å²) in [6.07, 6.45) is 0. The molecule has 1 aliphatic rings. The molecular weight excluding hydrogens is 228 g/mol. The van der Waals surface area contributed by atoms with E-state index in [0.717, 1.165) is 18.0 Å². The Morgan fingerprint density at radius 3 is 2.67 bits per heavy atom. The van der Waals surface area contributed by atoms with Gasteiger partial charge in [0.05, 0.1) is 13.7 Å². The molecule has 1 aliphatic heterocycles. The van der Waals surface area contributed by atoms with Gasteiger partial charge in [0.2, 0.25) is 0 Å². The zero-order chi connectivity index (χ0) is 12.8. The van der Waals surface area contributed by atoms with Crippen LogP contribution in [0.15, 0.2) is 18.2 Å². The van der Waals surface area contributed by atoms with Gasteiger partial charge in [-0.1, -0.05) is 0 Å². The molecular formula is C14H24N2O2+2.